The molecule has 0 aliphatic carbocycles. The van der Waals surface area contributed by atoms with E-state index in [4.69, 9.17) is 0 Å². The molecule has 1 N–H and O–H groups in total. The lowest BCUT2D eigenvalue weighted by atomic mass is 10.2. The molecule has 0 aliphatic heterocycles. The minimum Gasteiger partial charge on any atom is -0.379 e. The first-order chi connectivity index (χ1) is 8.79. The van der Waals surface area contributed by atoms with Crippen LogP contribution in [0.3, 0.4) is 0 Å². The number of imidazole rings is 2. The van der Waals surface area contributed by atoms with Gasteiger partial charge in [0.05, 0.1) is 5.69 Å². The first kappa shape index (κ1) is 11.0. The minimum atomic E-state index is -0.792. The molecule has 0 amide bonds. The van der Waals surface area contributed by atoms with Gasteiger partial charge in [0.1, 0.15) is 11.5 Å². The van der Waals surface area contributed by atoms with Crippen LogP contribution in [0.15, 0.2) is 43.0 Å². The molecule has 3 aromatic heterocycles. The Morgan fingerprint density at radius 3 is 3.00 bits per heavy atom. The van der Waals surface area contributed by atoms with Crippen LogP contribution in [0.2, 0.25) is 0 Å². The average molecular weight is 242 g/mol. The molecule has 5 heteroatoms. The molecule has 0 spiro atoms. The van der Waals surface area contributed by atoms with Gasteiger partial charge in [0.15, 0.2) is 6.10 Å². The van der Waals surface area contributed by atoms with Gasteiger partial charge in [0.2, 0.25) is 0 Å². The number of rotatable bonds is 3. The predicted molar refractivity (Wildman–Crippen MR) is 67.2 cm³/mol. The highest BCUT2D eigenvalue weighted by Crippen LogP contribution is 2.20. The number of pyridine rings is 1. The van der Waals surface area contributed by atoms with E-state index in [0.717, 1.165) is 12.2 Å². The van der Waals surface area contributed by atoms with Crippen LogP contribution in [-0.2, 0) is 6.54 Å². The van der Waals surface area contributed by atoms with Crippen LogP contribution in [0.4, 0.5) is 0 Å². The van der Waals surface area contributed by atoms with Crippen molar-refractivity contribution in [1.82, 2.24) is 18.9 Å². The molecule has 3 rings (SSSR count). The molecule has 0 fully saturated rings. The van der Waals surface area contributed by atoms with E-state index in [9.17, 15) is 5.11 Å². The lowest BCUT2D eigenvalue weighted by Gasteiger charge is -2.09. The highest BCUT2D eigenvalue weighted by Gasteiger charge is 2.18. The van der Waals surface area contributed by atoms with Crippen LogP contribution in [0.25, 0.3) is 5.65 Å². The van der Waals surface area contributed by atoms with Gasteiger partial charge in [-0.25, -0.2) is 9.97 Å². The molecule has 18 heavy (non-hydrogen) atoms. The van der Waals surface area contributed by atoms with Crippen molar-refractivity contribution in [2.24, 2.45) is 0 Å². The highest BCUT2D eigenvalue weighted by molar-refractivity contribution is 5.40. The fraction of sp³-hybridized carbons (Fsp3) is 0.231. The molecule has 0 aliphatic rings. The van der Waals surface area contributed by atoms with Crippen LogP contribution < -0.4 is 0 Å². The first-order valence-corrected chi connectivity index (χ1v) is 5.92. The van der Waals surface area contributed by atoms with E-state index in [1.807, 2.05) is 52.7 Å². The normalized spacial score (nSPS) is 13.0. The third kappa shape index (κ3) is 1.69. The molecular formula is C13H14N4O. The maximum absolute atomic E-state index is 10.3. The molecule has 5 nitrogen and oxygen atoms in total. The van der Waals surface area contributed by atoms with Crippen molar-refractivity contribution >= 4 is 5.65 Å². The second-order valence-corrected chi connectivity index (χ2v) is 4.11. The summed E-state index contributed by atoms with van der Waals surface area (Å²) < 4.78 is 3.80. The van der Waals surface area contributed by atoms with Crippen molar-refractivity contribution in [1.29, 1.82) is 0 Å². The molecule has 1 unspecified atom stereocenters. The monoisotopic (exact) mass is 242 g/mol. The summed E-state index contributed by atoms with van der Waals surface area (Å²) in [5.41, 5.74) is 1.43. The van der Waals surface area contributed by atoms with Crippen LogP contribution in [0.5, 0.6) is 0 Å². The molecule has 3 aromatic rings. The predicted octanol–water partition coefficient (Wildman–Crippen LogP) is 1.63. The Morgan fingerprint density at radius 2 is 2.22 bits per heavy atom. The summed E-state index contributed by atoms with van der Waals surface area (Å²) >= 11 is 0. The standard InChI is InChI=1S/C13H14N4O/c1-2-16-8-6-14-13(16)12(18)10-9-17-7-4-3-5-11(17)15-10/h3-9,12,18H,2H2,1H3. The molecule has 0 radical (unpaired) electrons. The summed E-state index contributed by atoms with van der Waals surface area (Å²) in [7, 11) is 0. The number of aliphatic hydroxyl groups is 1. The van der Waals surface area contributed by atoms with Crippen LogP contribution in [0, 0.1) is 0 Å². The van der Waals surface area contributed by atoms with E-state index in [1.165, 1.54) is 0 Å². The molecular weight excluding hydrogens is 228 g/mol. The van der Waals surface area contributed by atoms with Crippen LogP contribution >= 0.6 is 0 Å². The zero-order valence-corrected chi connectivity index (χ0v) is 10.1. The van der Waals surface area contributed by atoms with E-state index in [0.29, 0.717) is 11.5 Å². The van der Waals surface area contributed by atoms with E-state index in [1.54, 1.807) is 6.20 Å². The Morgan fingerprint density at radius 1 is 1.33 bits per heavy atom. The Labute approximate surface area is 104 Å². The minimum absolute atomic E-state index is 0.613. The first-order valence-electron chi connectivity index (χ1n) is 5.92. The lowest BCUT2D eigenvalue weighted by Crippen LogP contribution is -2.09. The fourth-order valence-corrected chi connectivity index (χ4v) is 2.05. The SMILES string of the molecule is CCn1ccnc1C(O)c1cn2ccccc2n1. The van der Waals surface area contributed by atoms with Crippen molar-refractivity contribution in [3.8, 4) is 0 Å². The van der Waals surface area contributed by atoms with Gasteiger partial charge in [-0.3, -0.25) is 0 Å². The quantitative estimate of drug-likeness (QED) is 0.759. The second-order valence-electron chi connectivity index (χ2n) is 4.11. The van der Waals surface area contributed by atoms with E-state index < -0.39 is 6.10 Å². The van der Waals surface area contributed by atoms with Crippen molar-refractivity contribution in [2.75, 3.05) is 0 Å². The summed E-state index contributed by atoms with van der Waals surface area (Å²) in [6, 6.07) is 5.76. The molecule has 0 bridgehead atoms. The number of fused-ring (bicyclic) bond motifs is 1. The summed E-state index contributed by atoms with van der Waals surface area (Å²) in [6.07, 6.45) is 6.49. The average Bonchev–Trinajstić information content (AvgIpc) is 3.03. The number of aliphatic hydroxyl groups excluding tert-OH is 1. The zero-order valence-electron chi connectivity index (χ0n) is 10.1. The fourth-order valence-electron chi connectivity index (χ4n) is 2.05. The third-order valence-electron chi connectivity index (χ3n) is 3.00. The molecule has 0 aromatic carbocycles. The number of aryl methyl sites for hydroxylation is 1. The topological polar surface area (TPSA) is 55.3 Å². The Hall–Kier alpha value is -2.14. The summed E-state index contributed by atoms with van der Waals surface area (Å²) in [5, 5.41) is 10.3. The van der Waals surface area contributed by atoms with Gasteiger partial charge in [-0.05, 0) is 19.1 Å². The molecule has 1 atom stereocenters. The lowest BCUT2D eigenvalue weighted by molar-refractivity contribution is 0.200. The molecule has 3 heterocycles. The second kappa shape index (κ2) is 4.27. The number of hydrogen-bond donors (Lipinski definition) is 1. The van der Waals surface area contributed by atoms with Gasteiger partial charge in [-0.2, -0.15) is 0 Å². The number of aromatic nitrogens is 4. The third-order valence-corrected chi connectivity index (χ3v) is 3.00. The molecule has 0 saturated carbocycles. The van der Waals surface area contributed by atoms with Gasteiger partial charge < -0.3 is 14.1 Å². The van der Waals surface area contributed by atoms with Crippen molar-refractivity contribution in [3.63, 3.8) is 0 Å². The number of nitrogens with zero attached hydrogens (tertiary/aromatic N) is 4. The zero-order chi connectivity index (χ0) is 12.5. The Kier molecular flexibility index (Phi) is 2.60. The maximum Gasteiger partial charge on any atom is 0.155 e. The smallest absolute Gasteiger partial charge is 0.155 e. The van der Waals surface area contributed by atoms with Crippen LogP contribution in [0.1, 0.15) is 24.5 Å². The summed E-state index contributed by atoms with van der Waals surface area (Å²) in [4.78, 5) is 8.60. The summed E-state index contributed by atoms with van der Waals surface area (Å²) in [6.45, 7) is 2.79. The Balaban J connectivity index is 2.03. The van der Waals surface area contributed by atoms with Crippen LogP contribution in [-0.4, -0.2) is 24.0 Å². The molecule has 0 saturated heterocycles. The van der Waals surface area contributed by atoms with Gasteiger partial charge in [0, 0.05) is 31.3 Å². The van der Waals surface area contributed by atoms with Crippen molar-refractivity contribution in [3.05, 3.63) is 54.5 Å². The van der Waals surface area contributed by atoms with Gasteiger partial charge >= 0.3 is 0 Å². The highest BCUT2D eigenvalue weighted by atomic mass is 16.3. The van der Waals surface area contributed by atoms with Gasteiger partial charge in [-0.1, -0.05) is 6.07 Å². The molecule has 92 valence electrons. The number of hydrogen-bond acceptors (Lipinski definition) is 3. The van der Waals surface area contributed by atoms with Crippen molar-refractivity contribution in [2.45, 2.75) is 19.6 Å². The Bertz CT molecular complexity index is 637. The van der Waals surface area contributed by atoms with Crippen molar-refractivity contribution < 1.29 is 5.11 Å². The maximum atomic E-state index is 10.3. The van der Waals surface area contributed by atoms with E-state index in [-0.39, 0.29) is 0 Å². The van der Waals surface area contributed by atoms with Gasteiger partial charge in [0.25, 0.3) is 0 Å². The van der Waals surface area contributed by atoms with E-state index in [2.05, 4.69) is 9.97 Å². The van der Waals surface area contributed by atoms with E-state index >= 15 is 0 Å². The largest absolute Gasteiger partial charge is 0.379 e. The van der Waals surface area contributed by atoms with Gasteiger partial charge in [-0.15, -0.1) is 0 Å². The summed E-state index contributed by atoms with van der Waals surface area (Å²) in [5.74, 6) is 0.626.